The fourth-order valence-electron chi connectivity index (χ4n) is 2.71. The van der Waals surface area contributed by atoms with Gasteiger partial charge in [-0.25, -0.2) is 0 Å². The number of carbonyl (C=O) groups is 1. The zero-order chi connectivity index (χ0) is 14.2. The second kappa shape index (κ2) is 8.00. The number of rotatable bonds is 6. The molecule has 0 spiro atoms. The van der Waals surface area contributed by atoms with E-state index < -0.39 is 0 Å². The summed E-state index contributed by atoms with van der Waals surface area (Å²) in [6.07, 6.45) is 8.68. The lowest BCUT2D eigenvalue weighted by Crippen LogP contribution is -2.45. The van der Waals surface area contributed by atoms with Gasteiger partial charge in [-0.05, 0) is 44.4 Å². The molecule has 20 heavy (non-hydrogen) atoms. The third-order valence-corrected chi connectivity index (χ3v) is 3.94. The van der Waals surface area contributed by atoms with Crippen molar-refractivity contribution in [3.63, 3.8) is 0 Å². The van der Waals surface area contributed by atoms with Crippen LogP contribution in [-0.2, 0) is 11.2 Å². The Labute approximate surface area is 121 Å². The molecule has 4 heteroatoms. The van der Waals surface area contributed by atoms with Crippen LogP contribution in [0.4, 0.5) is 0 Å². The third kappa shape index (κ3) is 4.60. The van der Waals surface area contributed by atoms with Crippen LogP contribution in [0, 0.1) is 0 Å². The van der Waals surface area contributed by atoms with E-state index in [-0.39, 0.29) is 5.91 Å². The number of amides is 1. The quantitative estimate of drug-likeness (QED) is 0.863. The number of nitrogens with zero attached hydrogens (tertiary/aromatic N) is 2. The van der Waals surface area contributed by atoms with Gasteiger partial charge in [0.05, 0.1) is 0 Å². The molecular formula is C16H25N3O. The van der Waals surface area contributed by atoms with Crippen LogP contribution in [-0.4, -0.2) is 41.5 Å². The summed E-state index contributed by atoms with van der Waals surface area (Å²) in [5.74, 6) is 0.253. The van der Waals surface area contributed by atoms with Crippen molar-refractivity contribution in [2.24, 2.45) is 0 Å². The zero-order valence-corrected chi connectivity index (χ0v) is 12.3. The van der Waals surface area contributed by atoms with Gasteiger partial charge in [0.1, 0.15) is 0 Å². The van der Waals surface area contributed by atoms with Crippen molar-refractivity contribution in [1.82, 2.24) is 15.2 Å². The van der Waals surface area contributed by atoms with E-state index in [0.29, 0.717) is 12.5 Å². The number of aromatic nitrogens is 1. The largest absolute Gasteiger partial charge is 0.341 e. The maximum atomic E-state index is 12.3. The van der Waals surface area contributed by atoms with E-state index in [1.54, 1.807) is 6.20 Å². The van der Waals surface area contributed by atoms with Crippen molar-refractivity contribution in [2.75, 3.05) is 19.6 Å². The van der Waals surface area contributed by atoms with Crippen molar-refractivity contribution < 1.29 is 4.79 Å². The molecule has 1 amide bonds. The van der Waals surface area contributed by atoms with Crippen molar-refractivity contribution in [3.8, 4) is 0 Å². The highest BCUT2D eigenvalue weighted by Gasteiger charge is 2.19. The predicted molar refractivity (Wildman–Crippen MR) is 80.5 cm³/mol. The van der Waals surface area contributed by atoms with Gasteiger partial charge >= 0.3 is 0 Å². The van der Waals surface area contributed by atoms with E-state index in [1.807, 2.05) is 23.2 Å². The summed E-state index contributed by atoms with van der Waals surface area (Å²) >= 11 is 0. The van der Waals surface area contributed by atoms with Gasteiger partial charge in [-0.1, -0.05) is 12.5 Å². The summed E-state index contributed by atoms with van der Waals surface area (Å²) in [6, 6.07) is 4.42. The van der Waals surface area contributed by atoms with Crippen LogP contribution in [0.2, 0.25) is 0 Å². The number of likely N-dealkylation sites (N-methyl/N-ethyl adjacent to an activating group) is 1. The third-order valence-electron chi connectivity index (χ3n) is 3.94. The van der Waals surface area contributed by atoms with Crippen LogP contribution in [0.5, 0.6) is 0 Å². The number of carbonyl (C=O) groups excluding carboxylic acids is 1. The normalized spacial score (nSPS) is 18.8. The van der Waals surface area contributed by atoms with Gasteiger partial charge in [-0.3, -0.25) is 9.78 Å². The maximum Gasteiger partial charge on any atom is 0.222 e. The number of hydrogen-bond acceptors (Lipinski definition) is 3. The molecule has 1 unspecified atom stereocenters. The first kappa shape index (κ1) is 15.0. The SMILES string of the molecule is CCN(CC1CCCCN1)C(=O)CCc1cccnc1. The first-order valence-electron chi connectivity index (χ1n) is 7.69. The first-order valence-corrected chi connectivity index (χ1v) is 7.69. The Morgan fingerprint density at radius 3 is 3.05 bits per heavy atom. The maximum absolute atomic E-state index is 12.3. The van der Waals surface area contributed by atoms with Crippen LogP contribution >= 0.6 is 0 Å². The van der Waals surface area contributed by atoms with E-state index in [2.05, 4.69) is 17.2 Å². The van der Waals surface area contributed by atoms with Gasteiger partial charge in [-0.15, -0.1) is 0 Å². The molecule has 1 saturated heterocycles. The molecule has 2 rings (SSSR count). The lowest BCUT2D eigenvalue weighted by atomic mass is 10.0. The molecule has 1 N–H and O–H groups in total. The highest BCUT2D eigenvalue weighted by Crippen LogP contribution is 2.10. The fourth-order valence-corrected chi connectivity index (χ4v) is 2.71. The summed E-state index contributed by atoms with van der Waals surface area (Å²) in [6.45, 7) is 4.79. The number of hydrogen-bond donors (Lipinski definition) is 1. The van der Waals surface area contributed by atoms with Crippen molar-refractivity contribution >= 4 is 5.91 Å². The van der Waals surface area contributed by atoms with Gasteiger partial charge in [0.2, 0.25) is 5.91 Å². The number of aryl methyl sites for hydroxylation is 1. The molecule has 1 aliphatic rings. The van der Waals surface area contributed by atoms with Crippen LogP contribution in [0.3, 0.4) is 0 Å². The molecule has 1 fully saturated rings. The van der Waals surface area contributed by atoms with Crippen molar-refractivity contribution in [2.45, 2.75) is 45.1 Å². The topological polar surface area (TPSA) is 45.2 Å². The minimum absolute atomic E-state index is 0.253. The Bertz CT molecular complexity index is 401. The Morgan fingerprint density at radius 1 is 1.50 bits per heavy atom. The molecule has 1 aromatic rings. The molecule has 1 aromatic heterocycles. The van der Waals surface area contributed by atoms with Crippen LogP contribution in [0.1, 0.15) is 38.2 Å². The van der Waals surface area contributed by atoms with E-state index in [4.69, 9.17) is 0 Å². The number of nitrogens with one attached hydrogen (secondary N) is 1. The summed E-state index contributed by atoms with van der Waals surface area (Å²) in [7, 11) is 0. The van der Waals surface area contributed by atoms with Crippen molar-refractivity contribution in [3.05, 3.63) is 30.1 Å². The number of pyridine rings is 1. The van der Waals surface area contributed by atoms with Gasteiger partial charge in [-0.2, -0.15) is 0 Å². The van der Waals surface area contributed by atoms with Crippen LogP contribution < -0.4 is 5.32 Å². The summed E-state index contributed by atoms with van der Waals surface area (Å²) in [5, 5.41) is 3.51. The molecule has 1 aliphatic heterocycles. The molecule has 0 aliphatic carbocycles. The van der Waals surface area contributed by atoms with Gasteiger partial charge in [0, 0.05) is 37.9 Å². The molecule has 0 saturated carbocycles. The van der Waals surface area contributed by atoms with Gasteiger partial charge in [0.15, 0.2) is 0 Å². The first-order chi connectivity index (χ1) is 9.79. The Hall–Kier alpha value is -1.42. The predicted octanol–water partition coefficient (Wildman–Crippen LogP) is 2.00. The average molecular weight is 275 g/mol. The summed E-state index contributed by atoms with van der Waals surface area (Å²) in [5.41, 5.74) is 1.13. The van der Waals surface area contributed by atoms with Gasteiger partial charge < -0.3 is 10.2 Å². The summed E-state index contributed by atoms with van der Waals surface area (Å²) in [4.78, 5) is 18.4. The second-order valence-corrected chi connectivity index (χ2v) is 5.44. The van der Waals surface area contributed by atoms with E-state index in [9.17, 15) is 4.79 Å². The Morgan fingerprint density at radius 2 is 2.40 bits per heavy atom. The molecule has 110 valence electrons. The molecule has 0 bridgehead atoms. The van der Waals surface area contributed by atoms with E-state index in [0.717, 1.165) is 31.6 Å². The Kier molecular flexibility index (Phi) is 5.99. The Balaban J connectivity index is 1.79. The fraction of sp³-hybridized carbons (Fsp3) is 0.625. The second-order valence-electron chi connectivity index (χ2n) is 5.44. The molecule has 4 nitrogen and oxygen atoms in total. The standard InChI is InChI=1S/C16H25N3O/c1-2-19(13-15-7-3-4-11-18-15)16(20)9-8-14-6-5-10-17-12-14/h5-6,10,12,15,18H,2-4,7-9,11,13H2,1H3. The zero-order valence-electron chi connectivity index (χ0n) is 12.3. The monoisotopic (exact) mass is 275 g/mol. The molecule has 2 heterocycles. The molecule has 0 aromatic carbocycles. The minimum Gasteiger partial charge on any atom is -0.341 e. The van der Waals surface area contributed by atoms with Crippen LogP contribution in [0.15, 0.2) is 24.5 Å². The van der Waals surface area contributed by atoms with Crippen LogP contribution in [0.25, 0.3) is 0 Å². The highest BCUT2D eigenvalue weighted by atomic mass is 16.2. The van der Waals surface area contributed by atoms with E-state index >= 15 is 0 Å². The lowest BCUT2D eigenvalue weighted by molar-refractivity contribution is -0.131. The average Bonchev–Trinajstić information content (AvgIpc) is 2.52. The molecular weight excluding hydrogens is 250 g/mol. The highest BCUT2D eigenvalue weighted by molar-refractivity contribution is 5.76. The number of piperidine rings is 1. The lowest BCUT2D eigenvalue weighted by Gasteiger charge is -2.30. The smallest absolute Gasteiger partial charge is 0.222 e. The molecule has 1 atom stereocenters. The van der Waals surface area contributed by atoms with E-state index in [1.165, 1.54) is 19.3 Å². The summed E-state index contributed by atoms with van der Waals surface area (Å²) < 4.78 is 0. The van der Waals surface area contributed by atoms with Crippen molar-refractivity contribution in [1.29, 1.82) is 0 Å². The minimum atomic E-state index is 0.253. The van der Waals surface area contributed by atoms with Gasteiger partial charge in [0.25, 0.3) is 0 Å². The molecule has 0 radical (unpaired) electrons.